The van der Waals surface area contributed by atoms with Gasteiger partial charge in [0.05, 0.1) is 0 Å². The number of hydrogen-bond acceptors (Lipinski definition) is 0. The first-order valence-electron chi connectivity index (χ1n) is 11.5. The van der Waals surface area contributed by atoms with Crippen molar-refractivity contribution in [2.24, 2.45) is 5.92 Å². The van der Waals surface area contributed by atoms with Crippen molar-refractivity contribution in [1.82, 2.24) is 0 Å². The summed E-state index contributed by atoms with van der Waals surface area (Å²) in [6.45, 7) is 4.34. The first-order chi connectivity index (χ1) is 14.3. The van der Waals surface area contributed by atoms with Crippen LogP contribution in [0.15, 0.2) is 72.8 Å². The van der Waals surface area contributed by atoms with Gasteiger partial charge in [-0.3, -0.25) is 0 Å². The molecular formula is C29H34. The number of fused-ring (bicyclic) bond motifs is 1. The van der Waals surface area contributed by atoms with Crippen LogP contribution in [0.25, 0.3) is 21.9 Å². The zero-order valence-corrected chi connectivity index (χ0v) is 18.0. The highest BCUT2D eigenvalue weighted by Gasteiger charge is 2.21. The molecule has 0 heterocycles. The van der Waals surface area contributed by atoms with E-state index >= 15 is 0 Å². The van der Waals surface area contributed by atoms with Gasteiger partial charge in [0, 0.05) is 0 Å². The molecular weight excluding hydrogens is 348 g/mol. The van der Waals surface area contributed by atoms with Gasteiger partial charge in [-0.1, -0.05) is 73.7 Å². The Morgan fingerprint density at radius 3 is 2.21 bits per heavy atom. The van der Waals surface area contributed by atoms with Gasteiger partial charge in [-0.15, -0.1) is 0 Å². The number of benzene rings is 3. The van der Waals surface area contributed by atoms with Crippen LogP contribution in [0, 0.1) is 5.92 Å². The van der Waals surface area contributed by atoms with Crippen LogP contribution in [0.2, 0.25) is 0 Å². The van der Waals surface area contributed by atoms with Crippen LogP contribution in [-0.2, 0) is 6.42 Å². The molecule has 1 fully saturated rings. The summed E-state index contributed by atoms with van der Waals surface area (Å²) < 4.78 is 0. The van der Waals surface area contributed by atoms with Gasteiger partial charge in [-0.2, -0.15) is 0 Å². The molecule has 0 spiro atoms. The van der Waals surface area contributed by atoms with Gasteiger partial charge in [0.25, 0.3) is 0 Å². The summed E-state index contributed by atoms with van der Waals surface area (Å²) in [5.41, 5.74) is 5.59. The van der Waals surface area contributed by atoms with Crippen molar-refractivity contribution in [2.45, 2.75) is 64.7 Å². The van der Waals surface area contributed by atoms with E-state index in [1.54, 1.807) is 0 Å². The minimum absolute atomic E-state index is 0.756. The first-order valence-corrected chi connectivity index (χ1v) is 11.5. The molecule has 4 rings (SSSR count). The Hall–Kier alpha value is -2.34. The Labute approximate surface area is 176 Å². The first kappa shape index (κ1) is 20.0. The predicted octanol–water partition coefficient (Wildman–Crippen LogP) is 8.70. The molecule has 0 nitrogen and oxygen atoms in total. The normalized spacial score (nSPS) is 19.8. The van der Waals surface area contributed by atoms with E-state index in [0.29, 0.717) is 0 Å². The minimum Gasteiger partial charge on any atom is -0.0917 e. The van der Waals surface area contributed by atoms with E-state index in [1.807, 2.05) is 0 Å². The predicted molar refractivity (Wildman–Crippen MR) is 128 cm³/mol. The van der Waals surface area contributed by atoms with Crippen molar-refractivity contribution in [3.05, 3.63) is 83.9 Å². The van der Waals surface area contributed by atoms with E-state index in [-0.39, 0.29) is 0 Å². The molecule has 3 aromatic rings. The van der Waals surface area contributed by atoms with Crippen molar-refractivity contribution in [3.63, 3.8) is 0 Å². The third kappa shape index (κ3) is 4.81. The van der Waals surface area contributed by atoms with Gasteiger partial charge in [0.15, 0.2) is 0 Å². The van der Waals surface area contributed by atoms with Gasteiger partial charge in [-0.25, -0.2) is 0 Å². The third-order valence-corrected chi connectivity index (χ3v) is 6.85. The molecule has 29 heavy (non-hydrogen) atoms. The van der Waals surface area contributed by atoms with Crippen molar-refractivity contribution in [2.75, 3.05) is 0 Å². The van der Waals surface area contributed by atoms with Crippen LogP contribution >= 0.6 is 0 Å². The van der Waals surface area contributed by atoms with Gasteiger partial charge in [0.1, 0.15) is 0 Å². The monoisotopic (exact) mass is 382 g/mol. The average Bonchev–Trinajstić information content (AvgIpc) is 2.79. The molecule has 0 amide bonds. The smallest absolute Gasteiger partial charge is 0.0162 e. The van der Waals surface area contributed by atoms with Gasteiger partial charge < -0.3 is 0 Å². The third-order valence-electron chi connectivity index (χ3n) is 6.85. The highest BCUT2D eigenvalue weighted by Crippen LogP contribution is 2.38. The maximum Gasteiger partial charge on any atom is -0.0162 e. The van der Waals surface area contributed by atoms with Crippen LogP contribution in [0.1, 0.15) is 69.4 Å². The van der Waals surface area contributed by atoms with Crippen LogP contribution in [0.5, 0.6) is 0 Å². The zero-order chi connectivity index (χ0) is 20.1. The largest absolute Gasteiger partial charge is 0.0917 e. The van der Waals surface area contributed by atoms with Crippen LogP contribution in [0.4, 0.5) is 0 Å². The van der Waals surface area contributed by atoms with Gasteiger partial charge in [-0.05, 0) is 103 Å². The number of aryl methyl sites for hydroxylation is 1. The molecule has 0 heteroatoms. The van der Waals surface area contributed by atoms with E-state index in [9.17, 15) is 0 Å². The number of hydrogen-bond donors (Lipinski definition) is 0. The lowest BCUT2D eigenvalue weighted by atomic mass is 9.77. The number of allylic oxidation sites excluding steroid dienone is 2. The molecule has 0 atom stereocenters. The maximum atomic E-state index is 2.38. The Bertz CT molecular complexity index is 953. The Balaban J connectivity index is 1.42. The highest BCUT2D eigenvalue weighted by molar-refractivity contribution is 5.87. The molecule has 0 unspecified atom stereocenters. The van der Waals surface area contributed by atoms with E-state index in [4.69, 9.17) is 0 Å². The van der Waals surface area contributed by atoms with Gasteiger partial charge >= 0.3 is 0 Å². The summed E-state index contributed by atoms with van der Waals surface area (Å²) in [6.07, 6.45) is 13.7. The second-order valence-corrected chi connectivity index (χ2v) is 8.74. The Kier molecular flexibility index (Phi) is 6.49. The van der Waals surface area contributed by atoms with Gasteiger partial charge in [0.2, 0.25) is 0 Å². The molecule has 0 radical (unpaired) electrons. The topological polar surface area (TPSA) is 0 Å². The van der Waals surface area contributed by atoms with Crippen molar-refractivity contribution in [3.8, 4) is 11.1 Å². The van der Waals surface area contributed by atoms with Crippen molar-refractivity contribution < 1.29 is 0 Å². The molecule has 150 valence electrons. The Morgan fingerprint density at radius 2 is 1.48 bits per heavy atom. The fourth-order valence-electron chi connectivity index (χ4n) is 4.93. The molecule has 0 aliphatic heterocycles. The fraction of sp³-hybridized carbons (Fsp3) is 0.379. The molecule has 0 N–H and O–H groups in total. The lowest BCUT2D eigenvalue weighted by Crippen LogP contribution is -2.13. The molecule has 0 saturated heterocycles. The summed E-state index contributed by atoms with van der Waals surface area (Å²) in [5.74, 6) is 1.69. The summed E-state index contributed by atoms with van der Waals surface area (Å²) in [5, 5.41) is 2.68. The van der Waals surface area contributed by atoms with E-state index in [2.05, 4.69) is 86.7 Å². The second-order valence-electron chi connectivity index (χ2n) is 8.74. The fourth-order valence-corrected chi connectivity index (χ4v) is 4.93. The van der Waals surface area contributed by atoms with Crippen molar-refractivity contribution >= 4 is 10.8 Å². The SMILES string of the molecule is C/C=C/CCC1CCC(c2ccc(-c3ccc4cc(CC)ccc4c3)cc2)CC1. The van der Waals surface area contributed by atoms with Crippen LogP contribution in [0.3, 0.4) is 0 Å². The standard InChI is InChI=1S/C29H34/c1-3-5-6-7-23-9-11-24(12-10-23)25-14-16-26(17-15-25)28-19-18-27-20-22(4-2)8-13-29(27)21-28/h3,5,8,13-21,23-24H,4,6-7,9-12H2,1-2H3/b5-3+. The molecule has 1 aliphatic carbocycles. The zero-order valence-electron chi connectivity index (χ0n) is 18.0. The number of rotatable bonds is 6. The lowest BCUT2D eigenvalue weighted by Gasteiger charge is -2.28. The van der Waals surface area contributed by atoms with E-state index in [0.717, 1.165) is 18.3 Å². The highest BCUT2D eigenvalue weighted by atomic mass is 14.3. The molecule has 0 bridgehead atoms. The lowest BCUT2D eigenvalue weighted by molar-refractivity contribution is 0.312. The quantitative estimate of drug-likeness (QED) is 0.374. The molecule has 1 aliphatic rings. The summed E-state index contributed by atoms with van der Waals surface area (Å²) >= 11 is 0. The Morgan fingerprint density at radius 1 is 0.793 bits per heavy atom. The van der Waals surface area contributed by atoms with Crippen LogP contribution < -0.4 is 0 Å². The summed E-state index contributed by atoms with van der Waals surface area (Å²) in [6, 6.07) is 23.1. The van der Waals surface area contributed by atoms with Crippen molar-refractivity contribution in [1.29, 1.82) is 0 Å². The van der Waals surface area contributed by atoms with Crippen LogP contribution in [-0.4, -0.2) is 0 Å². The average molecular weight is 383 g/mol. The molecule has 0 aromatic heterocycles. The summed E-state index contributed by atoms with van der Waals surface area (Å²) in [7, 11) is 0. The molecule has 3 aromatic carbocycles. The maximum absolute atomic E-state index is 2.38. The van der Waals surface area contributed by atoms with E-state index in [1.165, 1.54) is 71.6 Å². The molecule has 1 saturated carbocycles. The second kappa shape index (κ2) is 9.44. The minimum atomic E-state index is 0.756. The van der Waals surface area contributed by atoms with E-state index < -0.39 is 0 Å². The summed E-state index contributed by atoms with van der Waals surface area (Å²) in [4.78, 5) is 0.